The molecule has 0 aliphatic rings. The Morgan fingerprint density at radius 3 is 2.68 bits per heavy atom. The number of hydrogen-bond acceptors (Lipinski definition) is 3. The lowest BCUT2D eigenvalue weighted by Gasteiger charge is -2.18. The Kier molecular flexibility index (Phi) is 5.52. The lowest BCUT2D eigenvalue weighted by atomic mass is 10.2. The molecule has 0 aliphatic carbocycles. The van der Waals surface area contributed by atoms with Crippen molar-refractivity contribution < 1.29 is 14.6 Å². The second-order valence-electron chi connectivity index (χ2n) is 4.67. The van der Waals surface area contributed by atoms with E-state index in [9.17, 15) is 9.90 Å². The smallest absolute Gasteiger partial charge is 0.257 e. The third-order valence-corrected chi connectivity index (χ3v) is 3.60. The standard InChI is InChI=1S/C16H15Cl2NO3/c1-19(8-9-22-15-5-3-2-4-13(15)18)16(21)12-10-11(17)6-7-14(12)20/h2-7,10,20H,8-9H2,1H3. The monoisotopic (exact) mass is 339 g/mol. The van der Waals surface area contributed by atoms with E-state index in [0.29, 0.717) is 22.3 Å². The number of nitrogens with zero attached hydrogens (tertiary/aromatic N) is 1. The molecule has 1 amide bonds. The molecule has 0 heterocycles. The van der Waals surface area contributed by atoms with Crippen LogP contribution in [0.25, 0.3) is 0 Å². The summed E-state index contributed by atoms with van der Waals surface area (Å²) >= 11 is 11.8. The van der Waals surface area contributed by atoms with Crippen LogP contribution >= 0.6 is 23.2 Å². The molecule has 1 N–H and O–H groups in total. The Bertz CT molecular complexity index is 676. The maximum absolute atomic E-state index is 12.3. The molecule has 0 fully saturated rings. The van der Waals surface area contributed by atoms with Gasteiger partial charge in [-0.05, 0) is 30.3 Å². The van der Waals surface area contributed by atoms with Crippen LogP contribution in [0, 0.1) is 0 Å². The molecule has 0 atom stereocenters. The summed E-state index contributed by atoms with van der Waals surface area (Å²) in [7, 11) is 1.62. The second-order valence-corrected chi connectivity index (χ2v) is 5.51. The minimum Gasteiger partial charge on any atom is -0.507 e. The second kappa shape index (κ2) is 7.38. The molecule has 0 saturated heterocycles. The largest absolute Gasteiger partial charge is 0.507 e. The summed E-state index contributed by atoms with van der Waals surface area (Å²) in [5.74, 6) is 0.131. The zero-order valence-electron chi connectivity index (χ0n) is 11.9. The normalized spacial score (nSPS) is 10.3. The molecule has 0 spiro atoms. The molecule has 2 aromatic carbocycles. The van der Waals surface area contributed by atoms with Crippen LogP contribution < -0.4 is 4.74 Å². The molecule has 22 heavy (non-hydrogen) atoms. The van der Waals surface area contributed by atoms with Crippen molar-refractivity contribution in [2.45, 2.75) is 0 Å². The fourth-order valence-corrected chi connectivity index (χ4v) is 2.20. The summed E-state index contributed by atoms with van der Waals surface area (Å²) in [6.07, 6.45) is 0. The van der Waals surface area contributed by atoms with Crippen LogP contribution in [-0.2, 0) is 0 Å². The fourth-order valence-electron chi connectivity index (χ4n) is 1.84. The summed E-state index contributed by atoms with van der Waals surface area (Å²) in [4.78, 5) is 13.7. The van der Waals surface area contributed by atoms with E-state index in [1.165, 1.54) is 23.1 Å². The molecule has 116 valence electrons. The van der Waals surface area contributed by atoms with Crippen molar-refractivity contribution in [3.63, 3.8) is 0 Å². The fraction of sp³-hybridized carbons (Fsp3) is 0.188. The van der Waals surface area contributed by atoms with Gasteiger partial charge in [-0.3, -0.25) is 4.79 Å². The molecular weight excluding hydrogens is 325 g/mol. The van der Waals surface area contributed by atoms with Crippen LogP contribution in [0.2, 0.25) is 10.0 Å². The molecule has 0 bridgehead atoms. The SMILES string of the molecule is CN(CCOc1ccccc1Cl)C(=O)c1cc(Cl)ccc1O. The van der Waals surface area contributed by atoms with E-state index in [-0.39, 0.29) is 23.8 Å². The molecule has 4 nitrogen and oxygen atoms in total. The minimum atomic E-state index is -0.331. The van der Waals surface area contributed by atoms with Gasteiger partial charge in [0.15, 0.2) is 0 Å². The summed E-state index contributed by atoms with van der Waals surface area (Å²) in [6.45, 7) is 0.628. The Balaban J connectivity index is 1.94. The first kappa shape index (κ1) is 16.5. The number of rotatable bonds is 5. The number of amides is 1. The Labute approximate surface area is 138 Å². The topological polar surface area (TPSA) is 49.8 Å². The molecule has 0 saturated carbocycles. The van der Waals surface area contributed by atoms with Crippen molar-refractivity contribution in [2.75, 3.05) is 20.2 Å². The van der Waals surface area contributed by atoms with Crippen LogP contribution in [0.15, 0.2) is 42.5 Å². The van der Waals surface area contributed by atoms with Gasteiger partial charge in [-0.2, -0.15) is 0 Å². The molecule has 0 radical (unpaired) electrons. The first-order chi connectivity index (χ1) is 10.5. The highest BCUT2D eigenvalue weighted by atomic mass is 35.5. The Morgan fingerprint density at radius 1 is 1.23 bits per heavy atom. The van der Waals surface area contributed by atoms with Crippen LogP contribution in [0.4, 0.5) is 0 Å². The van der Waals surface area contributed by atoms with Gasteiger partial charge >= 0.3 is 0 Å². The minimum absolute atomic E-state index is 0.103. The summed E-state index contributed by atoms with van der Waals surface area (Å²) < 4.78 is 5.53. The summed E-state index contributed by atoms with van der Waals surface area (Å²) in [5.41, 5.74) is 0.160. The maximum atomic E-state index is 12.3. The Hall–Kier alpha value is -1.91. The van der Waals surface area contributed by atoms with Crippen LogP contribution in [0.1, 0.15) is 10.4 Å². The van der Waals surface area contributed by atoms with Gasteiger partial charge in [-0.1, -0.05) is 35.3 Å². The van der Waals surface area contributed by atoms with Crippen molar-refractivity contribution in [3.8, 4) is 11.5 Å². The zero-order valence-corrected chi connectivity index (χ0v) is 13.4. The van der Waals surface area contributed by atoms with E-state index >= 15 is 0 Å². The molecular formula is C16H15Cl2NO3. The van der Waals surface area contributed by atoms with E-state index in [4.69, 9.17) is 27.9 Å². The quantitative estimate of drug-likeness (QED) is 0.899. The maximum Gasteiger partial charge on any atom is 0.257 e. The van der Waals surface area contributed by atoms with Crippen molar-refractivity contribution in [2.24, 2.45) is 0 Å². The van der Waals surface area contributed by atoms with Crippen molar-refractivity contribution in [1.82, 2.24) is 4.90 Å². The number of aromatic hydroxyl groups is 1. The summed E-state index contributed by atoms with van der Waals surface area (Å²) in [5, 5.41) is 10.6. The number of halogens is 2. The van der Waals surface area contributed by atoms with Crippen molar-refractivity contribution >= 4 is 29.1 Å². The number of hydrogen-bond donors (Lipinski definition) is 1. The average Bonchev–Trinajstić information content (AvgIpc) is 2.50. The van der Waals surface area contributed by atoms with Gasteiger partial charge in [0.1, 0.15) is 18.1 Å². The van der Waals surface area contributed by atoms with E-state index in [1.54, 1.807) is 19.2 Å². The summed E-state index contributed by atoms with van der Waals surface area (Å²) in [6, 6.07) is 11.5. The van der Waals surface area contributed by atoms with Crippen LogP contribution in [-0.4, -0.2) is 36.1 Å². The average molecular weight is 340 g/mol. The molecule has 0 aliphatic heterocycles. The van der Waals surface area contributed by atoms with Gasteiger partial charge in [0.2, 0.25) is 0 Å². The van der Waals surface area contributed by atoms with Crippen molar-refractivity contribution in [1.29, 1.82) is 0 Å². The molecule has 6 heteroatoms. The predicted molar refractivity (Wildman–Crippen MR) is 87.0 cm³/mol. The first-order valence-corrected chi connectivity index (χ1v) is 7.36. The number of carbonyl (C=O) groups is 1. The predicted octanol–water partition coefficient (Wildman–Crippen LogP) is 3.85. The van der Waals surface area contributed by atoms with Gasteiger partial charge in [0, 0.05) is 12.1 Å². The molecule has 0 unspecified atom stereocenters. The van der Waals surface area contributed by atoms with Gasteiger partial charge in [-0.25, -0.2) is 0 Å². The highest BCUT2D eigenvalue weighted by molar-refractivity contribution is 6.32. The highest BCUT2D eigenvalue weighted by Crippen LogP contribution is 2.24. The number of phenols is 1. The van der Waals surface area contributed by atoms with E-state index < -0.39 is 0 Å². The number of ether oxygens (including phenoxy) is 1. The molecule has 2 rings (SSSR count). The molecule has 0 aromatic heterocycles. The number of benzene rings is 2. The number of likely N-dealkylation sites (N-methyl/N-ethyl adjacent to an activating group) is 1. The van der Waals surface area contributed by atoms with Gasteiger partial charge in [0.25, 0.3) is 5.91 Å². The zero-order chi connectivity index (χ0) is 16.1. The Morgan fingerprint density at radius 2 is 1.95 bits per heavy atom. The van der Waals surface area contributed by atoms with Crippen molar-refractivity contribution in [3.05, 3.63) is 58.1 Å². The third kappa shape index (κ3) is 4.06. The highest BCUT2D eigenvalue weighted by Gasteiger charge is 2.16. The number of carbonyl (C=O) groups excluding carboxylic acids is 1. The van der Waals surface area contributed by atoms with E-state index in [2.05, 4.69) is 0 Å². The van der Waals surface area contributed by atoms with Gasteiger partial charge < -0.3 is 14.7 Å². The lowest BCUT2D eigenvalue weighted by Crippen LogP contribution is -2.31. The first-order valence-electron chi connectivity index (χ1n) is 6.60. The van der Waals surface area contributed by atoms with Crippen LogP contribution in [0.5, 0.6) is 11.5 Å². The van der Waals surface area contributed by atoms with E-state index in [1.807, 2.05) is 12.1 Å². The van der Waals surface area contributed by atoms with Gasteiger partial charge in [0.05, 0.1) is 17.1 Å². The van der Waals surface area contributed by atoms with Crippen LogP contribution in [0.3, 0.4) is 0 Å². The number of phenolic OH excluding ortho intramolecular Hbond substituents is 1. The lowest BCUT2D eigenvalue weighted by molar-refractivity contribution is 0.0771. The van der Waals surface area contributed by atoms with Gasteiger partial charge in [-0.15, -0.1) is 0 Å². The third-order valence-electron chi connectivity index (χ3n) is 3.06. The molecule has 2 aromatic rings. The van der Waals surface area contributed by atoms with E-state index in [0.717, 1.165) is 0 Å². The number of para-hydroxylation sites is 1.